The van der Waals surface area contributed by atoms with Crippen LogP contribution in [-0.2, 0) is 15.5 Å². The lowest BCUT2D eigenvalue weighted by Crippen LogP contribution is -2.31. The van der Waals surface area contributed by atoms with Crippen molar-refractivity contribution in [3.05, 3.63) is 0 Å². The molecule has 0 aromatic carbocycles. The summed E-state index contributed by atoms with van der Waals surface area (Å²) in [6.45, 7) is 0. The van der Waals surface area contributed by atoms with Crippen LogP contribution >= 0.6 is 12.4 Å². The fourth-order valence-corrected chi connectivity index (χ4v) is 1.03. The van der Waals surface area contributed by atoms with Gasteiger partial charge >= 0.3 is 0 Å². The van der Waals surface area contributed by atoms with Gasteiger partial charge in [-0.1, -0.05) is 0 Å². The first-order valence-electron chi connectivity index (χ1n) is 2.68. The molecule has 0 aliphatic rings. The number of hydrogen-bond donors (Lipinski definition) is 3. The van der Waals surface area contributed by atoms with Gasteiger partial charge in [-0.05, 0) is 0 Å². The Morgan fingerprint density at radius 1 is 1.45 bits per heavy atom. The van der Waals surface area contributed by atoms with Gasteiger partial charge in [0.25, 0.3) is 0 Å². The molecule has 0 heterocycles. The first-order valence-corrected chi connectivity index (χ1v) is 4.04. The number of primary amides is 1. The van der Waals surface area contributed by atoms with Gasteiger partial charge in [-0.3, -0.25) is 4.79 Å². The Labute approximate surface area is 72.5 Å². The summed E-state index contributed by atoms with van der Waals surface area (Å²) >= 11 is 0. The van der Waals surface area contributed by atoms with E-state index in [-0.39, 0.29) is 24.6 Å². The first-order chi connectivity index (χ1) is 4.52. The lowest BCUT2D eigenvalue weighted by molar-refractivity contribution is -0.118. The van der Waals surface area contributed by atoms with E-state index in [1.165, 1.54) is 0 Å². The third-order valence-electron chi connectivity index (χ3n) is 0.847. The SMILES string of the molecule is Cl.NC(=O)C[C@H](N)C[SH](=O)=O. The lowest BCUT2D eigenvalue weighted by atomic mass is 10.2. The van der Waals surface area contributed by atoms with Gasteiger partial charge in [0, 0.05) is 12.5 Å². The quantitative estimate of drug-likeness (QED) is 0.469. The van der Waals surface area contributed by atoms with E-state index in [4.69, 9.17) is 11.5 Å². The molecule has 0 bridgehead atoms. The molecule has 68 valence electrons. The Balaban J connectivity index is 0. The monoisotopic (exact) mass is 202 g/mol. The second-order valence-corrected chi connectivity index (χ2v) is 2.98. The second kappa shape index (κ2) is 6.38. The fraction of sp³-hybridized carbons (Fsp3) is 0.750. The van der Waals surface area contributed by atoms with E-state index < -0.39 is 22.7 Å². The van der Waals surface area contributed by atoms with Gasteiger partial charge in [0.2, 0.25) is 5.91 Å². The predicted octanol–water partition coefficient (Wildman–Crippen LogP) is -1.78. The zero-order valence-corrected chi connectivity index (χ0v) is 7.44. The van der Waals surface area contributed by atoms with Crippen LogP contribution in [-0.4, -0.2) is 26.1 Å². The van der Waals surface area contributed by atoms with Crippen molar-refractivity contribution in [2.75, 3.05) is 5.75 Å². The van der Waals surface area contributed by atoms with Gasteiger partial charge in [-0.25, -0.2) is 8.42 Å². The van der Waals surface area contributed by atoms with Crippen molar-refractivity contribution in [2.45, 2.75) is 12.5 Å². The third kappa shape index (κ3) is 9.67. The van der Waals surface area contributed by atoms with Crippen LogP contribution in [0.2, 0.25) is 0 Å². The maximum absolute atomic E-state index is 10.1. The van der Waals surface area contributed by atoms with Crippen molar-refractivity contribution in [1.29, 1.82) is 0 Å². The van der Waals surface area contributed by atoms with Gasteiger partial charge in [0.05, 0.1) is 5.75 Å². The van der Waals surface area contributed by atoms with Crippen LogP contribution < -0.4 is 11.5 Å². The molecule has 7 heteroatoms. The minimum Gasteiger partial charge on any atom is -0.370 e. The molecular formula is C4H11ClN2O3S. The van der Waals surface area contributed by atoms with Crippen LogP contribution in [0.3, 0.4) is 0 Å². The van der Waals surface area contributed by atoms with Crippen molar-refractivity contribution >= 4 is 29.0 Å². The van der Waals surface area contributed by atoms with Crippen molar-refractivity contribution in [3.8, 4) is 0 Å². The van der Waals surface area contributed by atoms with Gasteiger partial charge in [0.1, 0.15) is 10.7 Å². The Bertz CT molecular complexity index is 186. The number of hydrogen-bond acceptors (Lipinski definition) is 4. The molecule has 0 fully saturated rings. The summed E-state index contributed by atoms with van der Waals surface area (Å²) in [6, 6.07) is -0.654. The van der Waals surface area contributed by atoms with Crippen LogP contribution in [0.25, 0.3) is 0 Å². The molecule has 0 radical (unpaired) electrons. The fourth-order valence-electron chi connectivity index (χ4n) is 0.514. The summed E-state index contributed by atoms with van der Waals surface area (Å²) in [5.74, 6) is -0.762. The number of carbonyl (C=O) groups is 1. The maximum Gasteiger partial charge on any atom is 0.219 e. The summed E-state index contributed by atoms with van der Waals surface area (Å²) in [5, 5.41) is 0. The summed E-state index contributed by atoms with van der Waals surface area (Å²) in [7, 11) is -2.50. The molecule has 0 spiro atoms. The van der Waals surface area contributed by atoms with E-state index in [2.05, 4.69) is 0 Å². The number of halogens is 1. The highest BCUT2D eigenvalue weighted by Gasteiger charge is 2.06. The molecule has 5 nitrogen and oxygen atoms in total. The number of amides is 1. The predicted molar refractivity (Wildman–Crippen MR) is 44.2 cm³/mol. The second-order valence-electron chi connectivity index (χ2n) is 1.95. The highest BCUT2D eigenvalue weighted by molar-refractivity contribution is 7.72. The minimum absolute atomic E-state index is 0. The number of thiol groups is 1. The summed E-state index contributed by atoms with van der Waals surface area (Å²) in [5.41, 5.74) is 9.94. The highest BCUT2D eigenvalue weighted by atomic mass is 35.5. The van der Waals surface area contributed by atoms with Crippen LogP contribution in [0.1, 0.15) is 6.42 Å². The molecule has 0 saturated carbocycles. The summed E-state index contributed by atoms with van der Waals surface area (Å²) < 4.78 is 20.0. The van der Waals surface area contributed by atoms with Gasteiger partial charge < -0.3 is 11.5 Å². The smallest absolute Gasteiger partial charge is 0.219 e. The molecule has 0 aromatic rings. The summed E-state index contributed by atoms with van der Waals surface area (Å²) in [4.78, 5) is 10.1. The molecule has 1 atom stereocenters. The van der Waals surface area contributed by atoms with Crippen molar-refractivity contribution in [2.24, 2.45) is 11.5 Å². The van der Waals surface area contributed by atoms with Crippen molar-refractivity contribution in [3.63, 3.8) is 0 Å². The average Bonchev–Trinajstić information content (AvgIpc) is 1.58. The topological polar surface area (TPSA) is 103 Å². The van der Waals surface area contributed by atoms with Crippen LogP contribution in [0.4, 0.5) is 0 Å². The number of rotatable bonds is 4. The molecule has 11 heavy (non-hydrogen) atoms. The molecular weight excluding hydrogens is 192 g/mol. The van der Waals surface area contributed by atoms with Crippen LogP contribution in [0.5, 0.6) is 0 Å². The average molecular weight is 203 g/mol. The highest BCUT2D eigenvalue weighted by Crippen LogP contribution is 1.85. The van der Waals surface area contributed by atoms with Crippen LogP contribution in [0.15, 0.2) is 0 Å². The normalized spacial score (nSPS) is 12.2. The lowest BCUT2D eigenvalue weighted by Gasteiger charge is -2.01. The van der Waals surface area contributed by atoms with E-state index in [9.17, 15) is 13.2 Å². The molecule has 0 rings (SSSR count). The number of nitrogens with two attached hydrogens (primary N) is 2. The zero-order chi connectivity index (χ0) is 8.15. The molecule has 0 aliphatic heterocycles. The van der Waals surface area contributed by atoms with Crippen molar-refractivity contribution in [1.82, 2.24) is 0 Å². The Kier molecular flexibility index (Phi) is 7.70. The molecule has 0 aliphatic carbocycles. The van der Waals surface area contributed by atoms with E-state index >= 15 is 0 Å². The van der Waals surface area contributed by atoms with E-state index in [0.29, 0.717) is 0 Å². The first kappa shape index (κ1) is 13.3. The van der Waals surface area contributed by atoms with E-state index in [0.717, 1.165) is 0 Å². The molecule has 0 saturated heterocycles. The maximum atomic E-state index is 10.1. The van der Waals surface area contributed by atoms with Gasteiger partial charge in [0.15, 0.2) is 0 Å². The Morgan fingerprint density at radius 2 is 1.91 bits per heavy atom. The molecule has 1 amide bonds. The zero-order valence-electron chi connectivity index (χ0n) is 5.73. The third-order valence-corrected chi connectivity index (χ3v) is 1.61. The molecule has 0 aromatic heterocycles. The molecule has 4 N–H and O–H groups in total. The van der Waals surface area contributed by atoms with Gasteiger partial charge in [-0.15, -0.1) is 12.4 Å². The van der Waals surface area contributed by atoms with Crippen molar-refractivity contribution < 1.29 is 13.2 Å². The Morgan fingerprint density at radius 3 is 2.18 bits per heavy atom. The molecule has 0 unspecified atom stereocenters. The Hall–Kier alpha value is -0.330. The largest absolute Gasteiger partial charge is 0.370 e. The van der Waals surface area contributed by atoms with Crippen LogP contribution in [0, 0.1) is 0 Å². The van der Waals surface area contributed by atoms with Gasteiger partial charge in [-0.2, -0.15) is 0 Å². The van der Waals surface area contributed by atoms with E-state index in [1.807, 2.05) is 0 Å². The van der Waals surface area contributed by atoms with E-state index in [1.54, 1.807) is 0 Å². The summed E-state index contributed by atoms with van der Waals surface area (Å²) in [6.07, 6.45) is -0.0800. The number of carbonyl (C=O) groups excluding carboxylic acids is 1. The minimum atomic E-state index is -2.50. The standard InChI is InChI=1S/C4H10N2O3S.ClH/c5-3(1-4(6)7)2-10(8)9;/h3,10H,1-2,5H2,(H2,6,7);1H/t3-;/m0./s1.